The van der Waals surface area contributed by atoms with Gasteiger partial charge in [-0.05, 0) is 41.8 Å². The first-order chi connectivity index (χ1) is 17.1. The molecule has 2 aromatic heterocycles. The van der Waals surface area contributed by atoms with Gasteiger partial charge in [0.1, 0.15) is 11.4 Å². The summed E-state index contributed by atoms with van der Waals surface area (Å²) in [6.45, 7) is 0. The van der Waals surface area contributed by atoms with Crippen LogP contribution < -0.4 is 16.1 Å². The van der Waals surface area contributed by atoms with Gasteiger partial charge in [0, 0.05) is 16.3 Å². The fourth-order valence-corrected chi connectivity index (χ4v) is 4.62. The summed E-state index contributed by atoms with van der Waals surface area (Å²) >= 11 is 0. The highest BCUT2D eigenvalue weighted by Crippen LogP contribution is 2.30. The number of nitrogens with zero attached hydrogens (tertiary/aromatic N) is 3. The summed E-state index contributed by atoms with van der Waals surface area (Å²) in [4.78, 5) is 41.2. The van der Waals surface area contributed by atoms with Gasteiger partial charge in [-0.1, -0.05) is 60.7 Å². The SMILES string of the molecule is COc1ccc(C(=O)c2cc3ccccc3n3c(=O)n(-c4ccccc4)c(=O)n23)c2ccccc12. The number of carbonyl (C=O) groups is 1. The molecule has 7 heteroatoms. The van der Waals surface area contributed by atoms with Gasteiger partial charge in [-0.3, -0.25) is 4.79 Å². The summed E-state index contributed by atoms with van der Waals surface area (Å²) in [5.41, 5.74) is 0.289. The van der Waals surface area contributed by atoms with E-state index in [1.165, 1.54) is 9.03 Å². The molecular weight excluding hydrogens is 442 g/mol. The van der Waals surface area contributed by atoms with Crippen LogP contribution in [0.15, 0.2) is 107 Å². The predicted octanol–water partition coefficient (Wildman–Crippen LogP) is 4.10. The Bertz CT molecular complexity index is 1900. The molecule has 0 aliphatic rings. The highest BCUT2D eigenvalue weighted by molar-refractivity contribution is 6.17. The van der Waals surface area contributed by atoms with Gasteiger partial charge in [0.2, 0.25) is 5.78 Å². The lowest BCUT2D eigenvalue weighted by Gasteiger charge is -2.12. The molecule has 0 radical (unpaired) electrons. The molecule has 35 heavy (non-hydrogen) atoms. The van der Waals surface area contributed by atoms with Crippen LogP contribution >= 0.6 is 0 Å². The third kappa shape index (κ3) is 3.02. The number of aromatic nitrogens is 3. The van der Waals surface area contributed by atoms with Crippen LogP contribution in [0.4, 0.5) is 0 Å². The monoisotopic (exact) mass is 461 g/mol. The van der Waals surface area contributed by atoms with E-state index in [0.717, 1.165) is 9.95 Å². The highest BCUT2D eigenvalue weighted by atomic mass is 16.5. The molecule has 6 rings (SSSR count). The molecule has 0 aliphatic carbocycles. The number of para-hydroxylation sites is 2. The second-order valence-corrected chi connectivity index (χ2v) is 8.14. The van der Waals surface area contributed by atoms with E-state index in [-0.39, 0.29) is 11.5 Å². The topological polar surface area (TPSA) is 74.2 Å². The molecule has 0 bridgehead atoms. The Hall–Kier alpha value is -4.91. The van der Waals surface area contributed by atoms with Gasteiger partial charge in [-0.25, -0.2) is 14.2 Å². The van der Waals surface area contributed by atoms with E-state index in [1.807, 2.05) is 36.4 Å². The van der Waals surface area contributed by atoms with Crippen LogP contribution in [0.25, 0.3) is 27.4 Å². The van der Waals surface area contributed by atoms with Crippen molar-refractivity contribution in [2.24, 2.45) is 0 Å². The average Bonchev–Trinajstić information content (AvgIpc) is 3.18. The fourth-order valence-electron chi connectivity index (χ4n) is 4.62. The minimum absolute atomic E-state index is 0.0933. The Morgan fingerprint density at radius 1 is 0.714 bits per heavy atom. The highest BCUT2D eigenvalue weighted by Gasteiger charge is 2.23. The van der Waals surface area contributed by atoms with Crippen molar-refractivity contribution in [1.82, 2.24) is 13.6 Å². The summed E-state index contributed by atoms with van der Waals surface area (Å²) in [5.74, 6) is 0.267. The van der Waals surface area contributed by atoms with Crippen LogP contribution in [0.2, 0.25) is 0 Å². The summed E-state index contributed by atoms with van der Waals surface area (Å²) in [6, 6.07) is 28.4. The van der Waals surface area contributed by atoms with Crippen molar-refractivity contribution in [2.45, 2.75) is 0 Å². The van der Waals surface area contributed by atoms with Crippen LogP contribution in [0.5, 0.6) is 5.75 Å². The molecule has 0 aliphatic heterocycles. The van der Waals surface area contributed by atoms with Gasteiger partial charge in [0.05, 0.1) is 18.3 Å². The number of ether oxygens (including phenoxy) is 1. The molecule has 0 saturated carbocycles. The van der Waals surface area contributed by atoms with Gasteiger partial charge in [-0.15, -0.1) is 0 Å². The molecule has 0 fully saturated rings. The first-order valence-electron chi connectivity index (χ1n) is 11.0. The zero-order valence-electron chi connectivity index (χ0n) is 18.7. The molecule has 4 aromatic carbocycles. The van der Waals surface area contributed by atoms with Gasteiger partial charge in [-0.2, -0.15) is 9.03 Å². The third-order valence-corrected chi connectivity index (χ3v) is 6.23. The number of rotatable bonds is 4. The van der Waals surface area contributed by atoms with E-state index in [4.69, 9.17) is 4.74 Å². The molecule has 0 spiro atoms. The fraction of sp³-hybridized carbons (Fsp3) is 0.0357. The minimum atomic E-state index is -0.617. The number of hydrogen-bond acceptors (Lipinski definition) is 4. The molecule has 170 valence electrons. The first-order valence-corrected chi connectivity index (χ1v) is 11.0. The largest absolute Gasteiger partial charge is 0.496 e. The predicted molar refractivity (Wildman–Crippen MR) is 134 cm³/mol. The van der Waals surface area contributed by atoms with Crippen LogP contribution in [-0.2, 0) is 0 Å². The maximum absolute atomic E-state index is 14.0. The van der Waals surface area contributed by atoms with Crippen molar-refractivity contribution in [3.8, 4) is 11.4 Å². The second-order valence-electron chi connectivity index (χ2n) is 8.14. The summed E-state index contributed by atoms with van der Waals surface area (Å²) in [6.07, 6.45) is 0. The van der Waals surface area contributed by atoms with E-state index in [0.29, 0.717) is 33.3 Å². The van der Waals surface area contributed by atoms with E-state index < -0.39 is 11.4 Å². The van der Waals surface area contributed by atoms with Crippen LogP contribution in [0.1, 0.15) is 16.1 Å². The van der Waals surface area contributed by atoms with E-state index >= 15 is 0 Å². The summed E-state index contributed by atoms with van der Waals surface area (Å²) in [5, 5.41) is 2.14. The Kier molecular flexibility index (Phi) is 4.64. The number of benzene rings is 4. The zero-order chi connectivity index (χ0) is 24.1. The van der Waals surface area contributed by atoms with E-state index in [9.17, 15) is 14.4 Å². The average molecular weight is 461 g/mol. The van der Waals surface area contributed by atoms with E-state index in [2.05, 4.69) is 0 Å². The van der Waals surface area contributed by atoms with Crippen molar-refractivity contribution in [2.75, 3.05) is 7.11 Å². The molecule has 0 N–H and O–H groups in total. The van der Waals surface area contributed by atoms with Crippen LogP contribution in [0.3, 0.4) is 0 Å². The zero-order valence-corrected chi connectivity index (χ0v) is 18.7. The Morgan fingerprint density at radius 3 is 2.14 bits per heavy atom. The maximum atomic E-state index is 14.0. The van der Waals surface area contributed by atoms with E-state index in [1.54, 1.807) is 67.8 Å². The van der Waals surface area contributed by atoms with Gasteiger partial charge in [0.25, 0.3) is 0 Å². The quantitative estimate of drug-likeness (QED) is 0.371. The summed E-state index contributed by atoms with van der Waals surface area (Å²) in [7, 11) is 1.58. The summed E-state index contributed by atoms with van der Waals surface area (Å²) < 4.78 is 8.98. The van der Waals surface area contributed by atoms with Crippen LogP contribution in [-0.4, -0.2) is 26.5 Å². The molecule has 6 aromatic rings. The number of fused-ring (bicyclic) bond motifs is 4. The Morgan fingerprint density at radius 2 is 1.37 bits per heavy atom. The van der Waals surface area contributed by atoms with Gasteiger partial charge >= 0.3 is 11.4 Å². The number of carbonyl (C=O) groups excluding carboxylic acids is 1. The molecule has 0 atom stereocenters. The lowest BCUT2D eigenvalue weighted by atomic mass is 9.98. The van der Waals surface area contributed by atoms with Gasteiger partial charge < -0.3 is 4.74 Å². The molecule has 0 saturated heterocycles. The van der Waals surface area contributed by atoms with Crippen LogP contribution in [0, 0.1) is 0 Å². The molecule has 7 nitrogen and oxygen atoms in total. The molecule has 0 amide bonds. The second kappa shape index (κ2) is 7.85. The smallest absolute Gasteiger partial charge is 0.357 e. The van der Waals surface area contributed by atoms with Crippen molar-refractivity contribution in [3.05, 3.63) is 129 Å². The van der Waals surface area contributed by atoms with Crippen molar-refractivity contribution < 1.29 is 9.53 Å². The normalized spacial score (nSPS) is 11.3. The lowest BCUT2D eigenvalue weighted by molar-refractivity contribution is 0.103. The minimum Gasteiger partial charge on any atom is -0.496 e. The van der Waals surface area contributed by atoms with Gasteiger partial charge in [0.15, 0.2) is 0 Å². The Labute approximate surface area is 198 Å². The molecular formula is C28H19N3O4. The standard InChI is InChI=1S/C28H19N3O4/c1-35-25-16-15-22(20-12-6-7-13-21(20)25)26(32)24-17-18-9-5-8-14-23(18)30-27(33)29(28(34)31(24)30)19-10-3-2-4-11-19/h2-17H,1H3. The van der Waals surface area contributed by atoms with Crippen molar-refractivity contribution >= 4 is 27.5 Å². The molecule has 0 unspecified atom stereocenters. The number of hydrogen-bond donors (Lipinski definition) is 0. The number of ketones is 1. The third-order valence-electron chi connectivity index (χ3n) is 6.23. The lowest BCUT2D eigenvalue weighted by Crippen LogP contribution is -2.26. The van der Waals surface area contributed by atoms with Crippen molar-refractivity contribution in [3.63, 3.8) is 0 Å². The maximum Gasteiger partial charge on any atom is 0.357 e. The Balaban J connectivity index is 1.72. The first kappa shape index (κ1) is 20.7. The molecule has 2 heterocycles. The number of methoxy groups -OCH3 is 1. The van der Waals surface area contributed by atoms with Crippen molar-refractivity contribution in [1.29, 1.82) is 0 Å².